The van der Waals surface area contributed by atoms with E-state index in [4.69, 9.17) is 5.73 Å². The Morgan fingerprint density at radius 3 is 3.06 bits per heavy atom. The van der Waals surface area contributed by atoms with Crippen LogP contribution in [-0.2, 0) is 6.42 Å². The molecule has 1 unspecified atom stereocenters. The summed E-state index contributed by atoms with van der Waals surface area (Å²) in [5, 5.41) is 1.36. The van der Waals surface area contributed by atoms with Crippen molar-refractivity contribution in [3.05, 3.63) is 35.5 Å². The molecule has 2 aromatic rings. The van der Waals surface area contributed by atoms with Crippen molar-refractivity contribution >= 4 is 10.9 Å². The molecule has 0 radical (unpaired) electrons. The maximum Gasteiger partial charge on any atom is 0.0488 e. The smallest absolute Gasteiger partial charge is 0.0488 e. The van der Waals surface area contributed by atoms with Crippen LogP contribution in [0.25, 0.3) is 10.9 Å². The van der Waals surface area contributed by atoms with Crippen LogP contribution in [0.1, 0.15) is 30.1 Å². The standard InChI is InChI=1S/C14H18N2/c1-10-5-6-11-8-12-3-2-4-13(9-15)16(12)14(11)7-10/h5-8,13H,2-4,9,15H2,1H3. The monoisotopic (exact) mass is 214 g/mol. The van der Waals surface area contributed by atoms with Crippen LogP contribution in [0.4, 0.5) is 0 Å². The Morgan fingerprint density at radius 1 is 1.38 bits per heavy atom. The van der Waals surface area contributed by atoms with Crippen molar-refractivity contribution in [3.63, 3.8) is 0 Å². The summed E-state index contributed by atoms with van der Waals surface area (Å²) >= 11 is 0. The van der Waals surface area contributed by atoms with E-state index in [0.29, 0.717) is 6.04 Å². The lowest BCUT2D eigenvalue weighted by molar-refractivity contribution is 0.421. The summed E-state index contributed by atoms with van der Waals surface area (Å²) in [6.07, 6.45) is 3.70. The van der Waals surface area contributed by atoms with Gasteiger partial charge in [-0.3, -0.25) is 0 Å². The Balaban J connectivity index is 2.27. The van der Waals surface area contributed by atoms with Gasteiger partial charge in [-0.1, -0.05) is 12.1 Å². The lowest BCUT2D eigenvalue weighted by Crippen LogP contribution is -2.24. The fourth-order valence-corrected chi connectivity index (χ4v) is 2.88. The van der Waals surface area contributed by atoms with Crippen LogP contribution in [0.3, 0.4) is 0 Å². The molecule has 0 bridgehead atoms. The molecule has 2 N–H and O–H groups in total. The van der Waals surface area contributed by atoms with Gasteiger partial charge in [-0.25, -0.2) is 0 Å². The first-order valence-electron chi connectivity index (χ1n) is 6.10. The highest BCUT2D eigenvalue weighted by Crippen LogP contribution is 2.31. The van der Waals surface area contributed by atoms with Crippen LogP contribution in [0.5, 0.6) is 0 Å². The zero-order chi connectivity index (χ0) is 11.1. The quantitative estimate of drug-likeness (QED) is 0.777. The Labute approximate surface area is 96.1 Å². The summed E-state index contributed by atoms with van der Waals surface area (Å²) in [5.41, 5.74) is 10.0. The van der Waals surface area contributed by atoms with Gasteiger partial charge in [0.2, 0.25) is 0 Å². The second-order valence-corrected chi connectivity index (χ2v) is 4.85. The number of aromatic nitrogens is 1. The van der Waals surface area contributed by atoms with Crippen LogP contribution in [0, 0.1) is 6.92 Å². The Hall–Kier alpha value is -1.28. The van der Waals surface area contributed by atoms with Crippen LogP contribution < -0.4 is 5.73 Å². The summed E-state index contributed by atoms with van der Waals surface area (Å²) < 4.78 is 2.46. The van der Waals surface area contributed by atoms with Crippen molar-refractivity contribution in [2.45, 2.75) is 32.2 Å². The molecule has 3 rings (SSSR count). The van der Waals surface area contributed by atoms with Crippen molar-refractivity contribution in [3.8, 4) is 0 Å². The minimum Gasteiger partial charge on any atom is -0.340 e. The summed E-state index contributed by atoms with van der Waals surface area (Å²) in [4.78, 5) is 0. The molecule has 2 nitrogen and oxygen atoms in total. The molecule has 1 aliphatic rings. The van der Waals surface area contributed by atoms with E-state index in [1.54, 1.807) is 0 Å². The molecule has 84 valence electrons. The van der Waals surface area contributed by atoms with Gasteiger partial charge in [-0.15, -0.1) is 0 Å². The summed E-state index contributed by atoms with van der Waals surface area (Å²) in [6, 6.07) is 9.53. The van der Waals surface area contributed by atoms with E-state index >= 15 is 0 Å². The minimum absolute atomic E-state index is 0.503. The Morgan fingerprint density at radius 2 is 2.25 bits per heavy atom. The lowest BCUT2D eigenvalue weighted by Gasteiger charge is -2.26. The second kappa shape index (κ2) is 3.63. The largest absolute Gasteiger partial charge is 0.340 e. The number of fused-ring (bicyclic) bond motifs is 3. The molecule has 0 spiro atoms. The number of hydrogen-bond acceptors (Lipinski definition) is 1. The molecule has 2 heterocycles. The van der Waals surface area contributed by atoms with E-state index in [0.717, 1.165) is 6.54 Å². The molecule has 1 aliphatic heterocycles. The van der Waals surface area contributed by atoms with Crippen molar-refractivity contribution < 1.29 is 0 Å². The molecule has 16 heavy (non-hydrogen) atoms. The number of nitrogens with two attached hydrogens (primary N) is 1. The molecule has 1 atom stereocenters. The maximum absolute atomic E-state index is 5.89. The molecule has 0 fully saturated rings. The zero-order valence-electron chi connectivity index (χ0n) is 9.74. The van der Waals surface area contributed by atoms with E-state index in [1.807, 2.05) is 0 Å². The van der Waals surface area contributed by atoms with Gasteiger partial charge in [0, 0.05) is 23.8 Å². The molecule has 1 aromatic carbocycles. The highest BCUT2D eigenvalue weighted by molar-refractivity contribution is 5.82. The average molecular weight is 214 g/mol. The highest BCUT2D eigenvalue weighted by atomic mass is 15.0. The third-order valence-electron chi connectivity index (χ3n) is 3.68. The van der Waals surface area contributed by atoms with Gasteiger partial charge in [0.05, 0.1) is 0 Å². The van der Waals surface area contributed by atoms with E-state index in [1.165, 1.54) is 41.4 Å². The lowest BCUT2D eigenvalue weighted by atomic mass is 10.0. The topological polar surface area (TPSA) is 30.9 Å². The molecule has 0 saturated heterocycles. The molecule has 1 aromatic heterocycles. The van der Waals surface area contributed by atoms with Gasteiger partial charge < -0.3 is 10.3 Å². The van der Waals surface area contributed by atoms with Crippen LogP contribution >= 0.6 is 0 Å². The van der Waals surface area contributed by atoms with Gasteiger partial charge in [0.25, 0.3) is 0 Å². The van der Waals surface area contributed by atoms with Gasteiger partial charge >= 0.3 is 0 Å². The summed E-state index contributed by atoms with van der Waals surface area (Å²) in [7, 11) is 0. The molecule has 0 aliphatic carbocycles. The minimum atomic E-state index is 0.503. The van der Waals surface area contributed by atoms with E-state index in [9.17, 15) is 0 Å². The fraction of sp³-hybridized carbons (Fsp3) is 0.429. The van der Waals surface area contributed by atoms with Crippen molar-refractivity contribution in [2.24, 2.45) is 5.73 Å². The average Bonchev–Trinajstić information content (AvgIpc) is 2.66. The van der Waals surface area contributed by atoms with Gasteiger partial charge in [0.1, 0.15) is 0 Å². The van der Waals surface area contributed by atoms with Gasteiger partial charge in [0.15, 0.2) is 0 Å². The maximum atomic E-state index is 5.89. The number of aryl methyl sites for hydroxylation is 2. The highest BCUT2D eigenvalue weighted by Gasteiger charge is 2.20. The Bertz CT molecular complexity index is 525. The fourth-order valence-electron chi connectivity index (χ4n) is 2.88. The molecule has 0 saturated carbocycles. The first-order chi connectivity index (χ1) is 7.79. The number of rotatable bonds is 1. The summed E-state index contributed by atoms with van der Waals surface area (Å²) in [5.74, 6) is 0. The summed E-state index contributed by atoms with van der Waals surface area (Å²) in [6.45, 7) is 2.91. The van der Waals surface area contributed by atoms with Gasteiger partial charge in [-0.2, -0.15) is 0 Å². The van der Waals surface area contributed by atoms with Crippen LogP contribution in [0.15, 0.2) is 24.3 Å². The van der Waals surface area contributed by atoms with Crippen molar-refractivity contribution in [1.82, 2.24) is 4.57 Å². The third-order valence-corrected chi connectivity index (χ3v) is 3.68. The predicted octanol–water partition coefficient (Wildman–Crippen LogP) is 2.79. The Kier molecular flexibility index (Phi) is 2.25. The van der Waals surface area contributed by atoms with Crippen molar-refractivity contribution in [2.75, 3.05) is 6.54 Å². The second-order valence-electron chi connectivity index (χ2n) is 4.85. The van der Waals surface area contributed by atoms with E-state index in [2.05, 4.69) is 35.8 Å². The first-order valence-corrected chi connectivity index (χ1v) is 6.10. The predicted molar refractivity (Wildman–Crippen MR) is 67.7 cm³/mol. The normalized spacial score (nSPS) is 20.0. The number of hydrogen-bond donors (Lipinski definition) is 1. The number of nitrogens with zero attached hydrogens (tertiary/aromatic N) is 1. The van der Waals surface area contributed by atoms with Gasteiger partial charge in [-0.05, 0) is 49.3 Å². The molecular formula is C14H18N2. The first kappa shape index (κ1) is 9.91. The van der Waals surface area contributed by atoms with E-state index in [-0.39, 0.29) is 0 Å². The van der Waals surface area contributed by atoms with Crippen LogP contribution in [0.2, 0.25) is 0 Å². The molecular weight excluding hydrogens is 196 g/mol. The molecule has 2 heteroatoms. The zero-order valence-corrected chi connectivity index (χ0v) is 9.74. The molecule has 0 amide bonds. The van der Waals surface area contributed by atoms with E-state index < -0.39 is 0 Å². The van der Waals surface area contributed by atoms with Crippen LogP contribution in [-0.4, -0.2) is 11.1 Å². The third kappa shape index (κ3) is 1.37. The van der Waals surface area contributed by atoms with Crippen molar-refractivity contribution in [1.29, 1.82) is 0 Å². The SMILES string of the molecule is Cc1ccc2cc3n(c2c1)C(CN)CCC3. The number of benzene rings is 1.